The lowest BCUT2D eigenvalue weighted by molar-refractivity contribution is -0.144. The highest BCUT2D eigenvalue weighted by atomic mass is 16.5. The van der Waals surface area contributed by atoms with Crippen LogP contribution in [0.1, 0.15) is 46.5 Å². The highest BCUT2D eigenvalue weighted by Crippen LogP contribution is 2.17. The Hall–Kier alpha value is -0.650. The molecule has 1 heterocycles. The van der Waals surface area contributed by atoms with Gasteiger partial charge >= 0.3 is 5.97 Å². The molecule has 20 heavy (non-hydrogen) atoms. The molecule has 0 amide bonds. The van der Waals surface area contributed by atoms with Crippen LogP contribution in [0.15, 0.2) is 0 Å². The van der Waals surface area contributed by atoms with Gasteiger partial charge in [-0.15, -0.1) is 0 Å². The van der Waals surface area contributed by atoms with Crippen molar-refractivity contribution in [2.75, 3.05) is 32.8 Å². The molecule has 0 saturated carbocycles. The number of carbonyl (C=O) groups is 1. The van der Waals surface area contributed by atoms with E-state index < -0.39 is 11.5 Å². The maximum Gasteiger partial charge on any atom is 0.323 e. The van der Waals surface area contributed by atoms with Gasteiger partial charge in [0.15, 0.2) is 0 Å². The normalized spacial score (nSPS) is 20.8. The van der Waals surface area contributed by atoms with E-state index in [4.69, 9.17) is 4.74 Å². The van der Waals surface area contributed by atoms with Gasteiger partial charge in [-0.25, -0.2) is 0 Å². The largest absolute Gasteiger partial charge is 0.480 e. The van der Waals surface area contributed by atoms with Crippen LogP contribution in [0.4, 0.5) is 0 Å². The number of carboxylic acids is 1. The summed E-state index contributed by atoms with van der Waals surface area (Å²) in [5.41, 5.74) is -0.813. The van der Waals surface area contributed by atoms with Gasteiger partial charge in [0, 0.05) is 26.2 Å². The van der Waals surface area contributed by atoms with E-state index in [-0.39, 0.29) is 0 Å². The molecular formula is C15H30N2O3. The van der Waals surface area contributed by atoms with Crippen molar-refractivity contribution >= 4 is 5.97 Å². The van der Waals surface area contributed by atoms with Crippen LogP contribution in [-0.4, -0.2) is 60.4 Å². The van der Waals surface area contributed by atoms with Crippen LogP contribution in [0.3, 0.4) is 0 Å². The molecule has 1 unspecified atom stereocenters. The minimum absolute atomic E-state index is 0.389. The highest BCUT2D eigenvalue weighted by molar-refractivity contribution is 5.78. The maximum atomic E-state index is 11.4. The Morgan fingerprint density at radius 3 is 2.55 bits per heavy atom. The van der Waals surface area contributed by atoms with Crippen molar-refractivity contribution in [3.63, 3.8) is 0 Å². The van der Waals surface area contributed by atoms with Crippen molar-refractivity contribution in [2.24, 2.45) is 0 Å². The van der Waals surface area contributed by atoms with E-state index in [0.717, 1.165) is 52.0 Å². The van der Waals surface area contributed by atoms with Crippen LogP contribution < -0.4 is 5.32 Å². The van der Waals surface area contributed by atoms with E-state index >= 15 is 0 Å². The van der Waals surface area contributed by atoms with E-state index in [1.807, 2.05) is 13.8 Å². The van der Waals surface area contributed by atoms with Gasteiger partial charge in [-0.2, -0.15) is 0 Å². The van der Waals surface area contributed by atoms with E-state index in [2.05, 4.69) is 10.2 Å². The molecule has 0 radical (unpaired) electrons. The third-order valence-corrected chi connectivity index (χ3v) is 4.10. The lowest BCUT2D eigenvalue weighted by Gasteiger charge is -2.34. The standard InChI is InChI=1S/C15H30N2O3/c1-4-9-16-15(3,14(18)19)8-12-17-10-6-13(7-11-17)20-5-2/h13,16H,4-12H2,1-3H3,(H,18,19). The van der Waals surface area contributed by atoms with E-state index in [1.54, 1.807) is 6.92 Å². The van der Waals surface area contributed by atoms with Crippen LogP contribution in [0.5, 0.6) is 0 Å². The van der Waals surface area contributed by atoms with Crippen molar-refractivity contribution in [3.8, 4) is 0 Å². The predicted octanol–water partition coefficient (Wildman–Crippen LogP) is 1.72. The minimum atomic E-state index is -0.813. The lowest BCUT2D eigenvalue weighted by Crippen LogP contribution is -2.52. The molecule has 1 fully saturated rings. The Labute approximate surface area is 122 Å². The fraction of sp³-hybridized carbons (Fsp3) is 0.933. The summed E-state index contributed by atoms with van der Waals surface area (Å²) >= 11 is 0. The molecule has 1 aliphatic heterocycles. The zero-order valence-corrected chi connectivity index (χ0v) is 13.2. The summed E-state index contributed by atoms with van der Waals surface area (Å²) in [6, 6.07) is 0. The summed E-state index contributed by atoms with van der Waals surface area (Å²) in [5.74, 6) is -0.754. The molecule has 2 N–H and O–H groups in total. The zero-order chi connectivity index (χ0) is 15.0. The molecule has 0 bridgehead atoms. The fourth-order valence-corrected chi connectivity index (χ4v) is 2.59. The Bertz CT molecular complexity index is 291. The summed E-state index contributed by atoms with van der Waals surface area (Å²) in [4.78, 5) is 13.8. The first-order valence-corrected chi connectivity index (χ1v) is 7.84. The first-order valence-electron chi connectivity index (χ1n) is 7.84. The monoisotopic (exact) mass is 286 g/mol. The summed E-state index contributed by atoms with van der Waals surface area (Å²) in [5, 5.41) is 12.6. The number of nitrogens with zero attached hydrogens (tertiary/aromatic N) is 1. The van der Waals surface area contributed by atoms with E-state index in [1.165, 1.54) is 0 Å². The van der Waals surface area contributed by atoms with Crippen LogP contribution in [-0.2, 0) is 9.53 Å². The number of nitrogens with one attached hydrogen (secondary N) is 1. The number of likely N-dealkylation sites (tertiary alicyclic amines) is 1. The molecule has 0 aromatic rings. The second-order valence-electron chi connectivity index (χ2n) is 5.81. The Kier molecular flexibility index (Phi) is 7.48. The van der Waals surface area contributed by atoms with Gasteiger partial charge in [0.05, 0.1) is 6.10 Å². The maximum absolute atomic E-state index is 11.4. The second-order valence-corrected chi connectivity index (χ2v) is 5.81. The van der Waals surface area contributed by atoms with Gasteiger partial charge in [-0.1, -0.05) is 6.92 Å². The summed E-state index contributed by atoms with van der Waals surface area (Å²) < 4.78 is 5.63. The lowest BCUT2D eigenvalue weighted by atomic mass is 9.96. The first kappa shape index (κ1) is 17.4. The molecule has 1 rings (SSSR count). The third kappa shape index (κ3) is 5.38. The number of piperidine rings is 1. The van der Waals surface area contributed by atoms with Gasteiger partial charge in [0.25, 0.3) is 0 Å². The molecule has 1 saturated heterocycles. The number of ether oxygens (including phenoxy) is 1. The number of carboxylic acid groups (broad SMARTS) is 1. The number of hydrogen-bond acceptors (Lipinski definition) is 4. The highest BCUT2D eigenvalue weighted by Gasteiger charge is 2.33. The fourth-order valence-electron chi connectivity index (χ4n) is 2.59. The van der Waals surface area contributed by atoms with Crippen molar-refractivity contribution < 1.29 is 14.6 Å². The van der Waals surface area contributed by atoms with Gasteiger partial charge in [0.2, 0.25) is 0 Å². The summed E-state index contributed by atoms with van der Waals surface area (Å²) in [6.45, 7) is 10.2. The van der Waals surface area contributed by atoms with Gasteiger partial charge < -0.3 is 20.1 Å². The number of aliphatic carboxylic acids is 1. The van der Waals surface area contributed by atoms with Crippen LogP contribution in [0.2, 0.25) is 0 Å². The van der Waals surface area contributed by atoms with Gasteiger partial charge in [-0.3, -0.25) is 4.79 Å². The zero-order valence-electron chi connectivity index (χ0n) is 13.2. The molecule has 118 valence electrons. The van der Waals surface area contributed by atoms with Gasteiger partial charge in [0.1, 0.15) is 5.54 Å². The second kappa shape index (κ2) is 8.60. The summed E-state index contributed by atoms with van der Waals surface area (Å²) in [7, 11) is 0. The molecule has 5 nitrogen and oxygen atoms in total. The molecule has 0 aromatic heterocycles. The minimum Gasteiger partial charge on any atom is -0.480 e. The Balaban J connectivity index is 2.35. The topological polar surface area (TPSA) is 61.8 Å². The molecular weight excluding hydrogens is 256 g/mol. The summed E-state index contributed by atoms with van der Waals surface area (Å²) in [6.07, 6.45) is 4.09. The van der Waals surface area contributed by atoms with E-state index in [9.17, 15) is 9.90 Å². The molecule has 1 aliphatic rings. The average molecular weight is 286 g/mol. The van der Waals surface area contributed by atoms with Crippen LogP contribution >= 0.6 is 0 Å². The third-order valence-electron chi connectivity index (χ3n) is 4.10. The molecule has 5 heteroatoms. The molecule has 0 aliphatic carbocycles. The van der Waals surface area contributed by atoms with E-state index in [0.29, 0.717) is 12.5 Å². The quantitative estimate of drug-likeness (QED) is 0.676. The number of rotatable bonds is 9. The van der Waals surface area contributed by atoms with Crippen molar-refractivity contribution in [1.82, 2.24) is 10.2 Å². The van der Waals surface area contributed by atoms with Crippen LogP contribution in [0.25, 0.3) is 0 Å². The Morgan fingerprint density at radius 1 is 1.40 bits per heavy atom. The molecule has 1 atom stereocenters. The molecule has 0 aromatic carbocycles. The molecule has 0 spiro atoms. The smallest absolute Gasteiger partial charge is 0.323 e. The Morgan fingerprint density at radius 2 is 2.05 bits per heavy atom. The van der Waals surface area contributed by atoms with Crippen molar-refractivity contribution in [3.05, 3.63) is 0 Å². The first-order chi connectivity index (χ1) is 9.51. The van der Waals surface area contributed by atoms with Crippen molar-refractivity contribution in [2.45, 2.75) is 58.1 Å². The van der Waals surface area contributed by atoms with Gasteiger partial charge in [-0.05, 0) is 46.1 Å². The SMILES string of the molecule is CCCNC(C)(CCN1CCC(OCC)CC1)C(=O)O. The average Bonchev–Trinajstić information content (AvgIpc) is 2.44. The number of hydrogen-bond donors (Lipinski definition) is 2. The van der Waals surface area contributed by atoms with Crippen LogP contribution in [0, 0.1) is 0 Å². The predicted molar refractivity (Wildman–Crippen MR) is 80.0 cm³/mol. The van der Waals surface area contributed by atoms with Crippen molar-refractivity contribution in [1.29, 1.82) is 0 Å².